The average molecular weight is 522 g/mol. The van der Waals surface area contributed by atoms with Gasteiger partial charge in [-0.05, 0) is 6.07 Å². The summed E-state index contributed by atoms with van der Waals surface area (Å²) in [5.74, 6) is 0.716. The van der Waals surface area contributed by atoms with Crippen molar-refractivity contribution < 1.29 is 23.8 Å². The molecule has 2 aromatic heterocycles. The summed E-state index contributed by atoms with van der Waals surface area (Å²) in [7, 11) is 1.59. The van der Waals surface area contributed by atoms with E-state index in [1.165, 1.54) is 6.20 Å². The van der Waals surface area contributed by atoms with Crippen molar-refractivity contribution in [1.29, 1.82) is 5.26 Å². The Kier molecular flexibility index (Phi) is 7.80. The van der Waals surface area contributed by atoms with Gasteiger partial charge in [-0.3, -0.25) is 19.9 Å². The van der Waals surface area contributed by atoms with Crippen molar-refractivity contribution in [3.05, 3.63) is 41.2 Å². The van der Waals surface area contributed by atoms with E-state index in [4.69, 9.17) is 14.2 Å². The smallest absolute Gasteiger partial charge is 0.328 e. The Labute approximate surface area is 220 Å². The minimum absolute atomic E-state index is 0.127. The number of amides is 2. The number of carbonyl (C=O) groups excluding carboxylic acids is 2. The molecule has 1 saturated carbocycles. The third kappa shape index (κ3) is 5.19. The van der Waals surface area contributed by atoms with Crippen LogP contribution < -0.4 is 15.5 Å². The lowest BCUT2D eigenvalue weighted by atomic mass is 9.67. The molecule has 5 heterocycles. The van der Waals surface area contributed by atoms with Gasteiger partial charge in [0.25, 0.3) is 0 Å². The lowest BCUT2D eigenvalue weighted by Gasteiger charge is -2.56. The van der Waals surface area contributed by atoms with Crippen LogP contribution in [0.1, 0.15) is 34.5 Å². The Morgan fingerprint density at radius 1 is 1.32 bits per heavy atom. The number of rotatable bonds is 10. The highest BCUT2D eigenvalue weighted by molar-refractivity contribution is 6.03. The van der Waals surface area contributed by atoms with Gasteiger partial charge in [0, 0.05) is 70.0 Å². The van der Waals surface area contributed by atoms with Crippen LogP contribution in [0, 0.1) is 11.3 Å². The van der Waals surface area contributed by atoms with Crippen molar-refractivity contribution in [2.75, 3.05) is 75.2 Å². The second-order valence-electron chi connectivity index (χ2n) is 9.53. The molecule has 2 aromatic rings. The van der Waals surface area contributed by atoms with E-state index in [0.29, 0.717) is 61.8 Å². The Balaban J connectivity index is 1.33. The maximum atomic E-state index is 13.5. The van der Waals surface area contributed by atoms with Gasteiger partial charge >= 0.3 is 6.03 Å². The Bertz CT molecular complexity index is 1220. The van der Waals surface area contributed by atoms with E-state index in [1.54, 1.807) is 24.1 Å². The number of aldehydes is 1. The molecule has 6 rings (SSSR count). The summed E-state index contributed by atoms with van der Waals surface area (Å²) >= 11 is 0. The maximum Gasteiger partial charge on any atom is 0.328 e. The van der Waals surface area contributed by atoms with Crippen LogP contribution in [0.2, 0.25) is 0 Å². The van der Waals surface area contributed by atoms with E-state index < -0.39 is 11.6 Å². The van der Waals surface area contributed by atoms with Gasteiger partial charge in [-0.1, -0.05) is 6.07 Å². The van der Waals surface area contributed by atoms with Crippen molar-refractivity contribution >= 4 is 29.6 Å². The molecule has 2 N–H and O–H groups in total. The summed E-state index contributed by atoms with van der Waals surface area (Å²) in [6, 6.07) is 6.68. The second-order valence-corrected chi connectivity index (χ2v) is 9.53. The number of morpholine rings is 1. The Morgan fingerprint density at radius 3 is 2.87 bits per heavy atom. The maximum absolute atomic E-state index is 13.5. The van der Waals surface area contributed by atoms with Gasteiger partial charge in [-0.25, -0.2) is 14.8 Å². The molecule has 0 atom stereocenters. The SMILES string of the molecule is COCCNc1cc(NC(=O)N2c3nc(C=O)ccc3C3(OCCN4CCOCC4)CC2C3)ncc1C#N. The van der Waals surface area contributed by atoms with Gasteiger partial charge in [0.2, 0.25) is 0 Å². The normalized spacial score (nSPS) is 22.1. The molecule has 1 saturated heterocycles. The summed E-state index contributed by atoms with van der Waals surface area (Å²) in [5, 5.41) is 15.4. The van der Waals surface area contributed by atoms with Gasteiger partial charge in [0.1, 0.15) is 29.0 Å². The largest absolute Gasteiger partial charge is 0.383 e. The van der Waals surface area contributed by atoms with Crippen LogP contribution in [-0.2, 0) is 19.8 Å². The van der Waals surface area contributed by atoms with Crippen LogP contribution in [0.5, 0.6) is 0 Å². The quantitative estimate of drug-likeness (QED) is 0.352. The first kappa shape index (κ1) is 26.0. The molecule has 200 valence electrons. The molecule has 0 spiro atoms. The molecule has 2 bridgehead atoms. The number of carbonyl (C=O) groups is 2. The molecule has 2 amide bonds. The lowest BCUT2D eigenvalue weighted by Crippen LogP contribution is -2.62. The van der Waals surface area contributed by atoms with E-state index >= 15 is 0 Å². The highest BCUT2D eigenvalue weighted by atomic mass is 16.5. The highest BCUT2D eigenvalue weighted by Gasteiger charge is 2.57. The average Bonchev–Trinajstić information content (AvgIpc) is 2.92. The number of nitrogens with zero attached hydrogens (tertiary/aromatic N) is 5. The summed E-state index contributed by atoms with van der Waals surface area (Å²) in [4.78, 5) is 37.6. The Hall–Kier alpha value is -3.63. The molecule has 1 aliphatic carbocycles. The molecular weight excluding hydrogens is 490 g/mol. The van der Waals surface area contributed by atoms with E-state index in [2.05, 4.69) is 31.6 Å². The molecule has 12 nitrogen and oxygen atoms in total. The number of nitrogens with one attached hydrogen (secondary N) is 2. The van der Waals surface area contributed by atoms with Crippen LogP contribution in [0.15, 0.2) is 24.4 Å². The minimum Gasteiger partial charge on any atom is -0.383 e. The van der Waals surface area contributed by atoms with Gasteiger partial charge in [-0.15, -0.1) is 0 Å². The van der Waals surface area contributed by atoms with Gasteiger partial charge in [-0.2, -0.15) is 5.26 Å². The fourth-order valence-corrected chi connectivity index (χ4v) is 5.21. The number of urea groups is 1. The number of anilines is 3. The van der Waals surface area contributed by atoms with E-state index in [0.717, 1.165) is 38.4 Å². The van der Waals surface area contributed by atoms with Crippen LogP contribution >= 0.6 is 0 Å². The summed E-state index contributed by atoms with van der Waals surface area (Å²) in [6.07, 6.45) is 3.36. The molecule has 0 radical (unpaired) electrons. The second kappa shape index (κ2) is 11.4. The third-order valence-corrected chi connectivity index (χ3v) is 7.22. The lowest BCUT2D eigenvalue weighted by molar-refractivity contribution is -0.127. The fraction of sp³-hybridized carbons (Fsp3) is 0.500. The van der Waals surface area contributed by atoms with Crippen molar-refractivity contribution in [3.8, 4) is 6.07 Å². The zero-order valence-corrected chi connectivity index (χ0v) is 21.3. The predicted octanol–water partition coefficient (Wildman–Crippen LogP) is 1.98. The van der Waals surface area contributed by atoms with E-state index in [9.17, 15) is 14.9 Å². The standard InChI is InChI=1S/C26H31N7O5/c1-36-8-4-28-22-12-23(29-16-18(22)15-27)31-25(35)33-20-13-26(14-20,21-3-2-19(17-34)30-24(21)33)38-11-7-32-5-9-37-10-6-32/h2-3,12,16-17,20H,4-11,13-14H2,1H3,(H2,28,29,31,35). The van der Waals surface area contributed by atoms with Crippen LogP contribution in [0.4, 0.5) is 22.1 Å². The monoisotopic (exact) mass is 521 g/mol. The number of nitriles is 1. The fourth-order valence-electron chi connectivity index (χ4n) is 5.21. The molecule has 12 heteroatoms. The van der Waals surface area contributed by atoms with Crippen LogP contribution in [0.25, 0.3) is 0 Å². The van der Waals surface area contributed by atoms with Crippen molar-refractivity contribution in [1.82, 2.24) is 14.9 Å². The van der Waals surface area contributed by atoms with Crippen LogP contribution in [-0.4, -0.2) is 92.9 Å². The topological polar surface area (TPSA) is 142 Å². The first-order valence-electron chi connectivity index (χ1n) is 12.7. The van der Waals surface area contributed by atoms with Gasteiger partial charge in [0.15, 0.2) is 6.29 Å². The van der Waals surface area contributed by atoms with Crippen molar-refractivity contribution in [3.63, 3.8) is 0 Å². The van der Waals surface area contributed by atoms with E-state index in [1.807, 2.05) is 6.07 Å². The molecule has 3 aliphatic heterocycles. The zero-order valence-electron chi connectivity index (χ0n) is 21.3. The summed E-state index contributed by atoms with van der Waals surface area (Å²) in [6.45, 7) is 5.57. The number of ether oxygens (including phenoxy) is 3. The summed E-state index contributed by atoms with van der Waals surface area (Å²) in [5.41, 5.74) is 1.43. The number of methoxy groups -OCH3 is 1. The molecule has 0 unspecified atom stereocenters. The van der Waals surface area contributed by atoms with Crippen molar-refractivity contribution in [2.24, 2.45) is 0 Å². The Morgan fingerprint density at radius 2 is 2.13 bits per heavy atom. The molecule has 38 heavy (non-hydrogen) atoms. The van der Waals surface area contributed by atoms with E-state index in [-0.39, 0.29) is 11.7 Å². The van der Waals surface area contributed by atoms with Crippen LogP contribution in [0.3, 0.4) is 0 Å². The van der Waals surface area contributed by atoms with Gasteiger partial charge in [0.05, 0.1) is 37.7 Å². The van der Waals surface area contributed by atoms with Gasteiger partial charge < -0.3 is 19.5 Å². The predicted molar refractivity (Wildman–Crippen MR) is 138 cm³/mol. The van der Waals surface area contributed by atoms with Crippen molar-refractivity contribution in [2.45, 2.75) is 24.5 Å². The first-order chi connectivity index (χ1) is 18.6. The minimum atomic E-state index is -0.525. The third-order valence-electron chi connectivity index (χ3n) is 7.22. The molecule has 2 fully saturated rings. The number of hydrogen-bond acceptors (Lipinski definition) is 10. The molecule has 4 aliphatic rings. The first-order valence-corrected chi connectivity index (χ1v) is 12.7. The molecule has 0 aromatic carbocycles. The number of hydrogen-bond donors (Lipinski definition) is 2. The summed E-state index contributed by atoms with van der Waals surface area (Å²) < 4.78 is 16.9. The highest BCUT2D eigenvalue weighted by Crippen LogP contribution is 2.55. The zero-order chi connectivity index (χ0) is 26.5. The molecular formula is C26H31N7O5. The number of aromatic nitrogens is 2. The number of pyridine rings is 2.